The van der Waals surface area contributed by atoms with E-state index in [0.717, 1.165) is 11.1 Å². The van der Waals surface area contributed by atoms with E-state index in [9.17, 15) is 13.2 Å². The smallest absolute Gasteiger partial charge is 0.261 e. The van der Waals surface area contributed by atoms with Gasteiger partial charge in [0.15, 0.2) is 18.1 Å². The molecule has 0 fully saturated rings. The van der Waals surface area contributed by atoms with Crippen molar-refractivity contribution in [1.29, 1.82) is 0 Å². The van der Waals surface area contributed by atoms with Gasteiger partial charge in [0.2, 0.25) is 6.79 Å². The Bertz CT molecular complexity index is 1230. The molecular formula is C23H22N2O6S. The van der Waals surface area contributed by atoms with E-state index >= 15 is 0 Å². The number of ether oxygens (including phenoxy) is 3. The van der Waals surface area contributed by atoms with Crippen LogP contribution in [0.3, 0.4) is 0 Å². The molecule has 0 saturated carbocycles. The van der Waals surface area contributed by atoms with Gasteiger partial charge < -0.3 is 19.5 Å². The van der Waals surface area contributed by atoms with E-state index in [-0.39, 0.29) is 24.2 Å². The van der Waals surface area contributed by atoms with Crippen LogP contribution < -0.4 is 24.2 Å². The second-order valence-corrected chi connectivity index (χ2v) is 8.83. The number of para-hydroxylation sites is 1. The van der Waals surface area contributed by atoms with Crippen molar-refractivity contribution >= 4 is 21.6 Å². The molecule has 166 valence electrons. The first kappa shape index (κ1) is 21.5. The van der Waals surface area contributed by atoms with Crippen molar-refractivity contribution < 1.29 is 27.4 Å². The van der Waals surface area contributed by atoms with Crippen molar-refractivity contribution in [2.45, 2.75) is 18.4 Å². The molecule has 0 aromatic heterocycles. The number of hydrogen-bond donors (Lipinski definition) is 2. The largest absolute Gasteiger partial charge is 0.484 e. The number of amides is 1. The number of benzene rings is 3. The van der Waals surface area contributed by atoms with Crippen LogP contribution in [-0.2, 0) is 21.4 Å². The lowest BCUT2D eigenvalue weighted by Gasteiger charge is -2.11. The Labute approximate surface area is 186 Å². The van der Waals surface area contributed by atoms with Gasteiger partial charge in [-0.1, -0.05) is 24.3 Å². The minimum Gasteiger partial charge on any atom is -0.484 e. The standard InChI is InChI=1S/C23H22N2O6S/c1-16-4-2-3-5-20(16)25-32(27,28)19-9-7-18(8-10-19)29-14-23(26)24-13-17-6-11-21-22(12-17)31-15-30-21/h2-12,25H,13-15H2,1H3,(H,24,26). The fourth-order valence-corrected chi connectivity index (χ4v) is 4.19. The van der Waals surface area contributed by atoms with Crippen molar-refractivity contribution in [2.24, 2.45) is 0 Å². The third-order valence-electron chi connectivity index (χ3n) is 4.82. The van der Waals surface area contributed by atoms with Gasteiger partial charge in [0.25, 0.3) is 15.9 Å². The SMILES string of the molecule is Cc1ccccc1NS(=O)(=O)c1ccc(OCC(=O)NCc2ccc3c(c2)OCO3)cc1. The quantitative estimate of drug-likeness (QED) is 0.542. The van der Waals surface area contributed by atoms with Gasteiger partial charge in [-0.25, -0.2) is 8.42 Å². The summed E-state index contributed by atoms with van der Waals surface area (Å²) in [6.07, 6.45) is 0. The van der Waals surface area contributed by atoms with E-state index in [1.54, 1.807) is 18.2 Å². The summed E-state index contributed by atoms with van der Waals surface area (Å²) >= 11 is 0. The molecule has 3 aromatic carbocycles. The van der Waals surface area contributed by atoms with E-state index in [1.165, 1.54) is 24.3 Å². The molecule has 8 nitrogen and oxygen atoms in total. The second-order valence-electron chi connectivity index (χ2n) is 7.14. The predicted molar refractivity (Wildman–Crippen MR) is 118 cm³/mol. The molecular weight excluding hydrogens is 432 g/mol. The van der Waals surface area contributed by atoms with Crippen LogP contribution in [0.1, 0.15) is 11.1 Å². The van der Waals surface area contributed by atoms with E-state index in [1.807, 2.05) is 31.2 Å². The minimum absolute atomic E-state index is 0.0976. The van der Waals surface area contributed by atoms with Crippen LogP contribution in [0.4, 0.5) is 5.69 Å². The number of hydrogen-bond acceptors (Lipinski definition) is 6. The molecule has 0 aliphatic carbocycles. The Hall–Kier alpha value is -3.72. The summed E-state index contributed by atoms with van der Waals surface area (Å²) in [5, 5.41) is 2.76. The summed E-state index contributed by atoms with van der Waals surface area (Å²) in [4.78, 5) is 12.2. The van der Waals surface area contributed by atoms with Crippen LogP contribution in [0.15, 0.2) is 71.6 Å². The highest BCUT2D eigenvalue weighted by atomic mass is 32.2. The zero-order valence-electron chi connectivity index (χ0n) is 17.3. The van der Waals surface area contributed by atoms with Crippen molar-refractivity contribution in [3.05, 3.63) is 77.9 Å². The molecule has 0 unspecified atom stereocenters. The second kappa shape index (κ2) is 9.19. The Morgan fingerprint density at radius 3 is 2.53 bits per heavy atom. The molecule has 0 bridgehead atoms. The lowest BCUT2D eigenvalue weighted by Crippen LogP contribution is -2.28. The van der Waals surface area contributed by atoms with E-state index in [0.29, 0.717) is 29.5 Å². The minimum atomic E-state index is -3.73. The molecule has 0 saturated heterocycles. The summed E-state index contributed by atoms with van der Waals surface area (Å²) in [7, 11) is -3.73. The number of carbonyl (C=O) groups excluding carboxylic acids is 1. The maximum Gasteiger partial charge on any atom is 0.261 e. The molecule has 1 amide bonds. The number of nitrogens with one attached hydrogen (secondary N) is 2. The molecule has 1 heterocycles. The van der Waals surface area contributed by atoms with Gasteiger partial charge in [0.1, 0.15) is 5.75 Å². The lowest BCUT2D eigenvalue weighted by atomic mass is 10.2. The van der Waals surface area contributed by atoms with Crippen LogP contribution in [-0.4, -0.2) is 27.7 Å². The van der Waals surface area contributed by atoms with Crippen LogP contribution in [0.5, 0.6) is 17.2 Å². The van der Waals surface area contributed by atoms with Crippen LogP contribution in [0, 0.1) is 6.92 Å². The van der Waals surface area contributed by atoms with Crippen molar-refractivity contribution in [2.75, 3.05) is 18.1 Å². The normalized spacial score (nSPS) is 12.3. The molecule has 1 aliphatic heterocycles. The number of rotatable bonds is 8. The Morgan fingerprint density at radius 1 is 1.00 bits per heavy atom. The first-order valence-electron chi connectivity index (χ1n) is 9.87. The number of carbonyl (C=O) groups is 1. The van der Waals surface area contributed by atoms with Crippen LogP contribution >= 0.6 is 0 Å². The first-order chi connectivity index (χ1) is 15.4. The average molecular weight is 455 g/mol. The zero-order valence-corrected chi connectivity index (χ0v) is 18.1. The van der Waals surface area contributed by atoms with Gasteiger partial charge in [-0.3, -0.25) is 9.52 Å². The molecule has 0 spiro atoms. The fraction of sp³-hybridized carbons (Fsp3) is 0.174. The summed E-state index contributed by atoms with van der Waals surface area (Å²) in [5.41, 5.74) is 2.22. The predicted octanol–water partition coefficient (Wildman–Crippen LogP) is 3.22. The Kier molecular flexibility index (Phi) is 6.18. The first-order valence-corrected chi connectivity index (χ1v) is 11.4. The number of anilines is 1. The zero-order chi connectivity index (χ0) is 22.6. The molecule has 32 heavy (non-hydrogen) atoms. The molecule has 0 radical (unpaired) electrons. The van der Waals surface area contributed by atoms with Crippen LogP contribution in [0.25, 0.3) is 0 Å². The van der Waals surface area contributed by atoms with Gasteiger partial charge in [-0.15, -0.1) is 0 Å². The van der Waals surface area contributed by atoms with Crippen molar-refractivity contribution in [3.63, 3.8) is 0 Å². The van der Waals surface area contributed by atoms with Crippen molar-refractivity contribution in [1.82, 2.24) is 5.32 Å². The fourth-order valence-electron chi connectivity index (χ4n) is 3.06. The lowest BCUT2D eigenvalue weighted by molar-refractivity contribution is -0.123. The number of sulfonamides is 1. The highest BCUT2D eigenvalue weighted by Gasteiger charge is 2.16. The molecule has 9 heteroatoms. The molecule has 3 aromatic rings. The molecule has 0 atom stereocenters. The monoisotopic (exact) mass is 454 g/mol. The topological polar surface area (TPSA) is 103 Å². The summed E-state index contributed by atoms with van der Waals surface area (Å²) in [6, 6.07) is 18.5. The number of aryl methyl sites for hydroxylation is 1. The van der Waals surface area contributed by atoms with E-state index < -0.39 is 10.0 Å². The van der Waals surface area contributed by atoms with Crippen LogP contribution in [0.2, 0.25) is 0 Å². The highest BCUT2D eigenvalue weighted by Crippen LogP contribution is 2.32. The third kappa shape index (κ3) is 5.12. The summed E-state index contributed by atoms with van der Waals surface area (Å²) in [5.74, 6) is 1.42. The molecule has 1 aliphatic rings. The maximum atomic E-state index is 12.6. The third-order valence-corrected chi connectivity index (χ3v) is 6.20. The molecule has 2 N–H and O–H groups in total. The summed E-state index contributed by atoms with van der Waals surface area (Å²) < 4.78 is 43.8. The molecule has 4 rings (SSSR count). The van der Waals surface area contributed by atoms with Gasteiger partial charge in [0, 0.05) is 6.54 Å². The Morgan fingerprint density at radius 2 is 1.75 bits per heavy atom. The summed E-state index contributed by atoms with van der Waals surface area (Å²) in [6.45, 7) is 2.14. The highest BCUT2D eigenvalue weighted by molar-refractivity contribution is 7.92. The van der Waals surface area contributed by atoms with Gasteiger partial charge >= 0.3 is 0 Å². The van der Waals surface area contributed by atoms with Gasteiger partial charge in [-0.05, 0) is 60.5 Å². The maximum absolute atomic E-state index is 12.6. The van der Waals surface area contributed by atoms with E-state index in [2.05, 4.69) is 10.0 Å². The van der Waals surface area contributed by atoms with Gasteiger partial charge in [-0.2, -0.15) is 0 Å². The average Bonchev–Trinajstić information content (AvgIpc) is 3.26. The van der Waals surface area contributed by atoms with Gasteiger partial charge in [0.05, 0.1) is 10.6 Å². The number of fused-ring (bicyclic) bond motifs is 1. The Balaban J connectivity index is 1.29. The van der Waals surface area contributed by atoms with E-state index in [4.69, 9.17) is 14.2 Å². The van der Waals surface area contributed by atoms with Crippen molar-refractivity contribution in [3.8, 4) is 17.2 Å².